The van der Waals surface area contributed by atoms with Crippen LogP contribution in [0.4, 0.5) is 0 Å². The monoisotopic (exact) mass is 252 g/mol. The number of likely N-dealkylation sites (tertiary alicyclic amines) is 1. The minimum absolute atomic E-state index is 0.549. The lowest BCUT2D eigenvalue weighted by atomic mass is 9.88. The third-order valence-corrected chi connectivity index (χ3v) is 3.89. The van der Waals surface area contributed by atoms with Crippen molar-refractivity contribution in [1.82, 2.24) is 19.9 Å². The minimum atomic E-state index is -0.746. The fourth-order valence-corrected chi connectivity index (χ4v) is 2.66. The van der Waals surface area contributed by atoms with Gasteiger partial charge in [-0.1, -0.05) is 12.1 Å². The maximum absolute atomic E-state index is 10.8. The highest BCUT2D eigenvalue weighted by atomic mass is 16.3. The van der Waals surface area contributed by atoms with Crippen LogP contribution < -0.4 is 0 Å². The predicted molar refractivity (Wildman–Crippen MR) is 70.2 cm³/mol. The molecule has 0 aliphatic carbocycles. The first-order valence-electron chi connectivity index (χ1n) is 6.92. The third kappa shape index (κ3) is 2.57. The Labute approximate surface area is 109 Å². The van der Waals surface area contributed by atoms with Crippen LogP contribution >= 0.6 is 0 Å². The van der Waals surface area contributed by atoms with E-state index in [-0.39, 0.29) is 0 Å². The average Bonchev–Trinajstić information content (AvgIpc) is 2.79. The Balaban J connectivity index is 2.10. The molecule has 1 fully saturated rings. The fourth-order valence-electron chi connectivity index (χ4n) is 2.66. The molecule has 0 saturated carbocycles. The van der Waals surface area contributed by atoms with Gasteiger partial charge in [0.05, 0.1) is 11.9 Å². The first-order chi connectivity index (χ1) is 8.57. The molecule has 1 aliphatic rings. The van der Waals surface area contributed by atoms with Crippen molar-refractivity contribution in [2.75, 3.05) is 13.1 Å². The van der Waals surface area contributed by atoms with Crippen molar-refractivity contribution in [3.8, 4) is 0 Å². The summed E-state index contributed by atoms with van der Waals surface area (Å²) < 4.78 is 1.85. The van der Waals surface area contributed by atoms with E-state index in [4.69, 9.17) is 0 Å². The number of hydrogen-bond donors (Lipinski definition) is 1. The fraction of sp³-hybridized carbons (Fsp3) is 0.846. The molecular weight excluding hydrogens is 228 g/mol. The van der Waals surface area contributed by atoms with Crippen molar-refractivity contribution < 1.29 is 5.11 Å². The second-order valence-electron chi connectivity index (χ2n) is 5.50. The van der Waals surface area contributed by atoms with Gasteiger partial charge in [-0.25, -0.2) is 4.68 Å². The number of aromatic nitrogens is 3. The second kappa shape index (κ2) is 5.36. The van der Waals surface area contributed by atoms with Gasteiger partial charge in [0.15, 0.2) is 0 Å². The highest BCUT2D eigenvalue weighted by Crippen LogP contribution is 2.32. The Morgan fingerprint density at radius 3 is 2.61 bits per heavy atom. The number of nitrogens with zero attached hydrogens (tertiary/aromatic N) is 4. The molecule has 1 N–H and O–H groups in total. The van der Waals surface area contributed by atoms with E-state index in [1.807, 2.05) is 4.68 Å². The summed E-state index contributed by atoms with van der Waals surface area (Å²) in [7, 11) is 0. The Bertz CT molecular complexity index is 380. The lowest BCUT2D eigenvalue weighted by Gasteiger charge is -2.39. The lowest BCUT2D eigenvalue weighted by Crippen LogP contribution is -2.46. The number of aliphatic hydroxyl groups is 1. The molecule has 0 amide bonds. The van der Waals surface area contributed by atoms with E-state index in [1.165, 1.54) is 0 Å². The molecule has 2 rings (SSSR count). The van der Waals surface area contributed by atoms with Crippen LogP contribution in [0.2, 0.25) is 0 Å². The van der Waals surface area contributed by atoms with Gasteiger partial charge in [-0.3, -0.25) is 0 Å². The van der Waals surface area contributed by atoms with E-state index in [0.717, 1.165) is 44.6 Å². The largest absolute Gasteiger partial charge is 0.383 e. The van der Waals surface area contributed by atoms with Crippen molar-refractivity contribution in [2.24, 2.45) is 0 Å². The van der Waals surface area contributed by atoms with Gasteiger partial charge >= 0.3 is 0 Å². The normalized spacial score (nSPS) is 20.5. The molecule has 0 atom stereocenters. The van der Waals surface area contributed by atoms with Gasteiger partial charge in [-0.05, 0) is 33.1 Å². The topological polar surface area (TPSA) is 54.2 Å². The summed E-state index contributed by atoms with van der Waals surface area (Å²) in [5, 5.41) is 18.8. The van der Waals surface area contributed by atoms with Crippen LogP contribution in [-0.2, 0) is 12.1 Å². The van der Waals surface area contributed by atoms with Crippen molar-refractivity contribution in [3.63, 3.8) is 0 Å². The van der Waals surface area contributed by atoms with Crippen LogP contribution in [0.15, 0.2) is 6.20 Å². The number of aryl methyl sites for hydroxylation is 1. The van der Waals surface area contributed by atoms with Crippen LogP contribution in [-0.4, -0.2) is 44.1 Å². The molecule has 5 heteroatoms. The van der Waals surface area contributed by atoms with Crippen LogP contribution in [0.25, 0.3) is 0 Å². The Morgan fingerprint density at radius 1 is 1.39 bits per heavy atom. The quantitative estimate of drug-likeness (QED) is 0.879. The van der Waals surface area contributed by atoms with E-state index in [1.54, 1.807) is 6.20 Å². The Morgan fingerprint density at radius 2 is 2.06 bits per heavy atom. The van der Waals surface area contributed by atoms with Crippen LogP contribution in [0.1, 0.15) is 45.7 Å². The van der Waals surface area contributed by atoms with Crippen LogP contribution in [0.3, 0.4) is 0 Å². The molecule has 0 bridgehead atoms. The standard InChI is InChI=1S/C13H24N4O/c1-4-7-17-12(10-14-15-17)13(18)5-8-16(9-6-13)11(2)3/h10-11,18H,4-9H2,1-3H3. The Hall–Kier alpha value is -0.940. The summed E-state index contributed by atoms with van der Waals surface area (Å²) >= 11 is 0. The summed E-state index contributed by atoms with van der Waals surface area (Å²) in [5.41, 5.74) is 0.136. The zero-order valence-electron chi connectivity index (χ0n) is 11.6. The summed E-state index contributed by atoms with van der Waals surface area (Å²) in [5.74, 6) is 0. The first-order valence-corrected chi connectivity index (χ1v) is 6.92. The van der Waals surface area contributed by atoms with Gasteiger partial charge in [-0.2, -0.15) is 0 Å². The van der Waals surface area contributed by atoms with Gasteiger partial charge in [0, 0.05) is 25.7 Å². The van der Waals surface area contributed by atoms with Crippen molar-refractivity contribution in [2.45, 2.75) is 58.2 Å². The van der Waals surface area contributed by atoms with Gasteiger partial charge in [0.1, 0.15) is 5.60 Å². The van der Waals surface area contributed by atoms with Crippen molar-refractivity contribution in [3.05, 3.63) is 11.9 Å². The predicted octanol–water partition coefficient (Wildman–Crippen LogP) is 1.38. The molecule has 0 unspecified atom stereocenters. The van der Waals surface area contributed by atoms with E-state index in [2.05, 4.69) is 36.0 Å². The van der Waals surface area contributed by atoms with Crippen LogP contribution in [0.5, 0.6) is 0 Å². The summed E-state index contributed by atoms with van der Waals surface area (Å²) in [6.07, 6.45) is 4.26. The van der Waals surface area contributed by atoms with E-state index in [0.29, 0.717) is 6.04 Å². The SMILES string of the molecule is CCCn1nncc1C1(O)CCN(C(C)C)CC1. The maximum Gasteiger partial charge on any atom is 0.110 e. The lowest BCUT2D eigenvalue weighted by molar-refractivity contribution is -0.0388. The number of piperidine rings is 1. The zero-order valence-corrected chi connectivity index (χ0v) is 11.6. The molecule has 1 aromatic heterocycles. The summed E-state index contributed by atoms with van der Waals surface area (Å²) in [6.45, 7) is 9.21. The highest BCUT2D eigenvalue weighted by Gasteiger charge is 2.37. The molecule has 1 aliphatic heterocycles. The number of hydrogen-bond acceptors (Lipinski definition) is 4. The number of rotatable bonds is 4. The minimum Gasteiger partial charge on any atom is -0.383 e. The molecule has 18 heavy (non-hydrogen) atoms. The van der Waals surface area contributed by atoms with E-state index in [9.17, 15) is 5.11 Å². The van der Waals surface area contributed by atoms with Crippen molar-refractivity contribution >= 4 is 0 Å². The average molecular weight is 252 g/mol. The van der Waals surface area contributed by atoms with Gasteiger partial charge < -0.3 is 10.0 Å². The summed E-state index contributed by atoms with van der Waals surface area (Å²) in [6, 6.07) is 0.549. The van der Waals surface area contributed by atoms with Gasteiger partial charge in [0.2, 0.25) is 0 Å². The molecule has 0 radical (unpaired) electrons. The molecule has 0 aromatic carbocycles. The first kappa shape index (κ1) is 13.5. The molecule has 0 spiro atoms. The molecular formula is C13H24N4O. The van der Waals surface area contributed by atoms with Crippen molar-refractivity contribution in [1.29, 1.82) is 0 Å². The third-order valence-electron chi connectivity index (χ3n) is 3.89. The molecule has 2 heterocycles. The van der Waals surface area contributed by atoms with E-state index >= 15 is 0 Å². The smallest absolute Gasteiger partial charge is 0.110 e. The molecule has 5 nitrogen and oxygen atoms in total. The molecule has 1 saturated heterocycles. The van der Waals surface area contributed by atoms with Gasteiger partial charge in [-0.15, -0.1) is 5.10 Å². The maximum atomic E-state index is 10.8. The zero-order chi connectivity index (χ0) is 13.2. The molecule has 102 valence electrons. The second-order valence-corrected chi connectivity index (χ2v) is 5.50. The van der Waals surface area contributed by atoms with E-state index < -0.39 is 5.60 Å². The summed E-state index contributed by atoms with van der Waals surface area (Å²) in [4.78, 5) is 2.41. The molecule has 1 aromatic rings. The Kier molecular flexibility index (Phi) is 4.02. The van der Waals surface area contributed by atoms with Crippen LogP contribution in [0, 0.1) is 0 Å². The van der Waals surface area contributed by atoms with Gasteiger partial charge in [0.25, 0.3) is 0 Å². The highest BCUT2D eigenvalue weighted by molar-refractivity contribution is 5.10.